The second-order valence-electron chi connectivity index (χ2n) is 5.90. The van der Waals surface area contributed by atoms with Crippen LogP contribution in [0.2, 0.25) is 0 Å². The van der Waals surface area contributed by atoms with Gasteiger partial charge in [-0.25, -0.2) is 9.97 Å². The number of ether oxygens (including phenoxy) is 1. The summed E-state index contributed by atoms with van der Waals surface area (Å²) in [5.41, 5.74) is 2.66. The molecule has 0 unspecified atom stereocenters. The highest BCUT2D eigenvalue weighted by Crippen LogP contribution is 2.40. The minimum atomic E-state index is -0.0130. The second-order valence-corrected chi connectivity index (χ2v) is 5.90. The first-order valence-electron chi connectivity index (χ1n) is 7.01. The molecule has 2 aromatic heterocycles. The largest absolute Gasteiger partial charge is 0.492 e. The number of hydrogen-bond acceptors (Lipinski definition) is 6. The molecule has 4 rings (SSSR count). The van der Waals surface area contributed by atoms with Crippen LogP contribution in [0.1, 0.15) is 19.4 Å². The Bertz CT molecular complexity index is 827. The molecule has 22 heavy (non-hydrogen) atoms. The molecule has 0 amide bonds. The molecular formula is C16H14N4O2. The van der Waals surface area contributed by atoms with Crippen LogP contribution in [-0.2, 0) is 5.41 Å². The fourth-order valence-electron chi connectivity index (χ4n) is 2.52. The summed E-state index contributed by atoms with van der Waals surface area (Å²) in [5, 5.41) is 3.99. The van der Waals surface area contributed by atoms with Crippen molar-refractivity contribution in [1.29, 1.82) is 0 Å². The van der Waals surface area contributed by atoms with Gasteiger partial charge >= 0.3 is 0 Å². The number of benzene rings is 1. The molecular weight excluding hydrogens is 280 g/mol. The van der Waals surface area contributed by atoms with Crippen LogP contribution in [0.4, 0.5) is 0 Å². The van der Waals surface area contributed by atoms with E-state index < -0.39 is 0 Å². The monoisotopic (exact) mass is 294 g/mol. The van der Waals surface area contributed by atoms with Crippen LogP contribution in [0.3, 0.4) is 0 Å². The van der Waals surface area contributed by atoms with Gasteiger partial charge in [-0.1, -0.05) is 19.0 Å². The van der Waals surface area contributed by atoms with Gasteiger partial charge < -0.3 is 9.26 Å². The quantitative estimate of drug-likeness (QED) is 0.723. The van der Waals surface area contributed by atoms with Gasteiger partial charge in [0.15, 0.2) is 0 Å². The first kappa shape index (κ1) is 12.9. The van der Waals surface area contributed by atoms with Crippen molar-refractivity contribution in [2.75, 3.05) is 6.61 Å². The number of aromatic nitrogens is 4. The highest BCUT2D eigenvalue weighted by atomic mass is 16.5. The van der Waals surface area contributed by atoms with Gasteiger partial charge in [-0.05, 0) is 24.3 Å². The molecule has 3 heterocycles. The van der Waals surface area contributed by atoms with Crippen LogP contribution < -0.4 is 4.74 Å². The zero-order valence-corrected chi connectivity index (χ0v) is 12.3. The molecule has 1 aliphatic heterocycles. The molecule has 1 aliphatic rings. The van der Waals surface area contributed by atoms with E-state index in [1.807, 2.05) is 12.1 Å². The van der Waals surface area contributed by atoms with Crippen molar-refractivity contribution < 1.29 is 9.26 Å². The molecule has 0 fully saturated rings. The molecule has 110 valence electrons. The molecule has 1 aromatic carbocycles. The van der Waals surface area contributed by atoms with E-state index in [0.717, 1.165) is 16.9 Å². The normalized spacial score (nSPS) is 15.4. The summed E-state index contributed by atoms with van der Waals surface area (Å²) >= 11 is 0. The molecule has 0 saturated carbocycles. The molecule has 0 aliphatic carbocycles. The minimum Gasteiger partial charge on any atom is -0.492 e. The van der Waals surface area contributed by atoms with E-state index in [2.05, 4.69) is 40.0 Å². The standard InChI is InChI=1S/C16H14N4O2/c1-16(2)8-21-13-4-3-10(7-11(13)16)15-19-14(20-22-15)12-5-6-17-9-18-12/h3-7,9H,8H2,1-2H3. The van der Waals surface area contributed by atoms with Crippen LogP contribution in [0.5, 0.6) is 5.75 Å². The van der Waals surface area contributed by atoms with Crippen molar-refractivity contribution in [1.82, 2.24) is 20.1 Å². The van der Waals surface area contributed by atoms with Gasteiger partial charge in [0.25, 0.3) is 5.89 Å². The molecule has 6 nitrogen and oxygen atoms in total. The Hall–Kier alpha value is -2.76. The molecule has 0 atom stereocenters. The predicted octanol–water partition coefficient (Wildman–Crippen LogP) is 2.86. The third-order valence-corrected chi connectivity index (χ3v) is 3.78. The fraction of sp³-hybridized carbons (Fsp3) is 0.250. The molecule has 0 N–H and O–H groups in total. The minimum absolute atomic E-state index is 0.0130. The third-order valence-electron chi connectivity index (χ3n) is 3.78. The highest BCUT2D eigenvalue weighted by molar-refractivity contribution is 5.61. The Morgan fingerprint density at radius 3 is 2.91 bits per heavy atom. The average Bonchev–Trinajstić information content (AvgIpc) is 3.14. The maximum absolute atomic E-state index is 5.70. The SMILES string of the molecule is CC1(C)COc2ccc(-c3nc(-c4ccncn4)no3)cc21. The summed E-state index contributed by atoms with van der Waals surface area (Å²) in [7, 11) is 0. The maximum atomic E-state index is 5.70. The lowest BCUT2D eigenvalue weighted by molar-refractivity contribution is 0.291. The first-order chi connectivity index (χ1) is 10.6. The van der Waals surface area contributed by atoms with Crippen molar-refractivity contribution in [2.45, 2.75) is 19.3 Å². The van der Waals surface area contributed by atoms with Crippen molar-refractivity contribution in [2.24, 2.45) is 0 Å². The lowest BCUT2D eigenvalue weighted by Gasteiger charge is -2.15. The predicted molar refractivity (Wildman–Crippen MR) is 79.3 cm³/mol. The summed E-state index contributed by atoms with van der Waals surface area (Å²) in [6.45, 7) is 4.99. The average molecular weight is 294 g/mol. The number of rotatable bonds is 2. The lowest BCUT2D eigenvalue weighted by Crippen LogP contribution is -2.18. The van der Waals surface area contributed by atoms with Crippen LogP contribution in [0.25, 0.3) is 23.0 Å². The summed E-state index contributed by atoms with van der Waals surface area (Å²) in [4.78, 5) is 12.4. The summed E-state index contributed by atoms with van der Waals surface area (Å²) in [5.74, 6) is 1.84. The van der Waals surface area contributed by atoms with Crippen LogP contribution in [-0.4, -0.2) is 26.7 Å². The molecule has 0 radical (unpaired) electrons. The fourth-order valence-corrected chi connectivity index (χ4v) is 2.52. The molecule has 0 saturated heterocycles. The Labute approximate surface area is 127 Å². The smallest absolute Gasteiger partial charge is 0.258 e. The van der Waals surface area contributed by atoms with E-state index in [1.165, 1.54) is 6.33 Å². The number of fused-ring (bicyclic) bond motifs is 1. The van der Waals surface area contributed by atoms with E-state index >= 15 is 0 Å². The number of nitrogens with zero attached hydrogens (tertiary/aromatic N) is 4. The lowest BCUT2D eigenvalue weighted by atomic mass is 9.86. The van der Waals surface area contributed by atoms with Crippen molar-refractivity contribution in [3.8, 4) is 28.7 Å². The Morgan fingerprint density at radius 1 is 1.18 bits per heavy atom. The van der Waals surface area contributed by atoms with E-state index in [9.17, 15) is 0 Å². The van der Waals surface area contributed by atoms with Crippen LogP contribution in [0, 0.1) is 0 Å². The van der Waals surface area contributed by atoms with Gasteiger partial charge in [-0.15, -0.1) is 0 Å². The topological polar surface area (TPSA) is 73.9 Å². The van der Waals surface area contributed by atoms with Crippen LogP contribution in [0.15, 0.2) is 41.3 Å². The highest BCUT2D eigenvalue weighted by Gasteiger charge is 2.32. The van der Waals surface area contributed by atoms with E-state index in [1.54, 1.807) is 12.3 Å². The van der Waals surface area contributed by atoms with E-state index in [0.29, 0.717) is 24.0 Å². The third kappa shape index (κ3) is 2.04. The van der Waals surface area contributed by atoms with Gasteiger partial charge in [-0.2, -0.15) is 4.98 Å². The van der Waals surface area contributed by atoms with Crippen LogP contribution >= 0.6 is 0 Å². The van der Waals surface area contributed by atoms with Crippen molar-refractivity contribution in [3.63, 3.8) is 0 Å². The van der Waals surface area contributed by atoms with Gasteiger partial charge in [0.05, 0.1) is 6.61 Å². The molecule has 0 bridgehead atoms. The van der Waals surface area contributed by atoms with Crippen molar-refractivity contribution >= 4 is 0 Å². The number of hydrogen-bond donors (Lipinski definition) is 0. The van der Waals surface area contributed by atoms with Gasteiger partial charge in [0, 0.05) is 22.7 Å². The summed E-state index contributed by atoms with van der Waals surface area (Å²) in [6, 6.07) is 7.68. The zero-order chi connectivity index (χ0) is 15.2. The van der Waals surface area contributed by atoms with Crippen molar-refractivity contribution in [3.05, 3.63) is 42.4 Å². The Morgan fingerprint density at radius 2 is 2.09 bits per heavy atom. The molecule has 6 heteroatoms. The van der Waals surface area contributed by atoms with Gasteiger partial charge in [0.1, 0.15) is 17.8 Å². The molecule has 0 spiro atoms. The second kappa shape index (κ2) is 4.62. The zero-order valence-electron chi connectivity index (χ0n) is 12.3. The van der Waals surface area contributed by atoms with E-state index in [-0.39, 0.29) is 5.41 Å². The van der Waals surface area contributed by atoms with Gasteiger partial charge in [0.2, 0.25) is 5.82 Å². The van der Waals surface area contributed by atoms with E-state index in [4.69, 9.17) is 9.26 Å². The summed E-state index contributed by atoms with van der Waals surface area (Å²) < 4.78 is 11.1. The Kier molecular flexibility index (Phi) is 2.72. The first-order valence-corrected chi connectivity index (χ1v) is 7.01. The maximum Gasteiger partial charge on any atom is 0.258 e. The Balaban J connectivity index is 1.74. The molecule has 3 aromatic rings. The summed E-state index contributed by atoms with van der Waals surface area (Å²) in [6.07, 6.45) is 3.11. The van der Waals surface area contributed by atoms with Gasteiger partial charge in [-0.3, -0.25) is 0 Å².